The molecule has 3 rings (SSSR count). The van der Waals surface area contributed by atoms with E-state index in [0.717, 1.165) is 12.6 Å². The summed E-state index contributed by atoms with van der Waals surface area (Å²) in [5, 5.41) is 0. The van der Waals surface area contributed by atoms with E-state index < -0.39 is 6.29 Å². The minimum absolute atomic E-state index is 0.481. The molecule has 2 aromatic rings. The predicted octanol–water partition coefficient (Wildman–Crippen LogP) is 3.84. The van der Waals surface area contributed by atoms with Crippen LogP contribution >= 0.6 is 15.9 Å². The fourth-order valence-corrected chi connectivity index (χ4v) is 3.13. The van der Waals surface area contributed by atoms with Gasteiger partial charge >= 0.3 is 0 Å². The van der Waals surface area contributed by atoms with Gasteiger partial charge in [0.25, 0.3) is 0 Å². The fraction of sp³-hybridized carbons (Fsp3) is 0.333. The van der Waals surface area contributed by atoms with Crippen LogP contribution in [0.1, 0.15) is 32.6 Å². The summed E-state index contributed by atoms with van der Waals surface area (Å²) >= 11 is 3.24. The molecular formula is C21H23BrO8. The highest BCUT2D eigenvalue weighted by molar-refractivity contribution is 9.10. The summed E-state index contributed by atoms with van der Waals surface area (Å²) in [6.45, 7) is 1.05. The standard InChI is InChI=1S/C12H14O5.C9H9BrO3/c1-14-10-5-8(7-13)9(6-11(10)15-2)12-16-3-4-17-12;1-12-8-3-6(5-11)7(10)4-9(8)13-2/h5-7,12H,3-4H2,1-2H3;3-5H,1-2H3. The molecule has 0 N–H and O–H groups in total. The van der Waals surface area contributed by atoms with Crippen molar-refractivity contribution >= 4 is 28.5 Å². The van der Waals surface area contributed by atoms with Gasteiger partial charge in [-0.1, -0.05) is 0 Å². The van der Waals surface area contributed by atoms with Gasteiger partial charge in [-0.25, -0.2) is 0 Å². The second-order valence-electron chi connectivity index (χ2n) is 5.87. The molecule has 30 heavy (non-hydrogen) atoms. The van der Waals surface area contributed by atoms with Crippen molar-refractivity contribution in [2.75, 3.05) is 41.7 Å². The number of methoxy groups -OCH3 is 4. The number of carbonyl (C=O) groups is 2. The zero-order chi connectivity index (χ0) is 22.1. The molecule has 0 aliphatic carbocycles. The molecule has 1 aliphatic rings. The topological polar surface area (TPSA) is 89.5 Å². The first kappa shape index (κ1) is 23.7. The largest absolute Gasteiger partial charge is 0.493 e. The number of ether oxygens (including phenoxy) is 6. The quantitative estimate of drug-likeness (QED) is 0.549. The first-order valence-electron chi connectivity index (χ1n) is 8.83. The Labute approximate surface area is 183 Å². The van der Waals surface area contributed by atoms with E-state index in [9.17, 15) is 9.59 Å². The van der Waals surface area contributed by atoms with E-state index in [2.05, 4.69) is 15.9 Å². The number of hydrogen-bond donors (Lipinski definition) is 0. The zero-order valence-electron chi connectivity index (χ0n) is 17.1. The highest BCUT2D eigenvalue weighted by Gasteiger charge is 2.23. The third-order valence-corrected chi connectivity index (χ3v) is 4.91. The Hall–Kier alpha value is -2.62. The van der Waals surface area contributed by atoms with E-state index >= 15 is 0 Å². The van der Waals surface area contributed by atoms with Gasteiger partial charge in [0.1, 0.15) is 0 Å². The molecule has 0 saturated carbocycles. The number of carbonyl (C=O) groups excluding carboxylic acids is 2. The van der Waals surface area contributed by atoms with Crippen molar-refractivity contribution in [1.82, 2.24) is 0 Å². The van der Waals surface area contributed by atoms with Crippen LogP contribution in [0.15, 0.2) is 28.7 Å². The lowest BCUT2D eigenvalue weighted by atomic mass is 10.1. The fourth-order valence-electron chi connectivity index (χ4n) is 2.71. The van der Waals surface area contributed by atoms with Gasteiger partial charge < -0.3 is 28.4 Å². The van der Waals surface area contributed by atoms with E-state index in [0.29, 0.717) is 57.4 Å². The highest BCUT2D eigenvalue weighted by Crippen LogP contribution is 2.35. The lowest BCUT2D eigenvalue weighted by Gasteiger charge is -2.15. The average Bonchev–Trinajstić information content (AvgIpc) is 3.33. The van der Waals surface area contributed by atoms with Gasteiger partial charge in [0.2, 0.25) is 0 Å². The Kier molecular flexibility index (Phi) is 9.10. The first-order valence-corrected chi connectivity index (χ1v) is 9.63. The van der Waals surface area contributed by atoms with Crippen LogP contribution in [0.2, 0.25) is 0 Å². The van der Waals surface area contributed by atoms with E-state index in [1.807, 2.05) is 0 Å². The van der Waals surface area contributed by atoms with Crippen molar-refractivity contribution in [2.24, 2.45) is 0 Å². The maximum atomic E-state index is 11.0. The number of halogens is 1. The van der Waals surface area contributed by atoms with Crippen LogP contribution in [-0.4, -0.2) is 54.2 Å². The molecule has 0 amide bonds. The highest BCUT2D eigenvalue weighted by atomic mass is 79.9. The van der Waals surface area contributed by atoms with Gasteiger partial charge in [-0.2, -0.15) is 0 Å². The van der Waals surface area contributed by atoms with Crippen molar-refractivity contribution in [1.29, 1.82) is 0 Å². The van der Waals surface area contributed by atoms with Crippen LogP contribution < -0.4 is 18.9 Å². The number of hydrogen-bond acceptors (Lipinski definition) is 8. The smallest absolute Gasteiger partial charge is 0.184 e. The Morgan fingerprint density at radius 2 is 1.20 bits per heavy atom. The van der Waals surface area contributed by atoms with Crippen molar-refractivity contribution < 1.29 is 38.0 Å². The van der Waals surface area contributed by atoms with E-state index in [-0.39, 0.29) is 0 Å². The lowest BCUT2D eigenvalue weighted by molar-refractivity contribution is -0.0445. The van der Waals surface area contributed by atoms with Crippen molar-refractivity contribution in [3.8, 4) is 23.0 Å². The Balaban J connectivity index is 0.000000222. The van der Waals surface area contributed by atoms with Gasteiger partial charge in [0.15, 0.2) is 41.9 Å². The minimum Gasteiger partial charge on any atom is -0.493 e. The van der Waals surface area contributed by atoms with Gasteiger partial charge in [-0.05, 0) is 40.2 Å². The Morgan fingerprint density at radius 3 is 1.67 bits per heavy atom. The van der Waals surface area contributed by atoms with Gasteiger partial charge in [0, 0.05) is 21.2 Å². The van der Waals surface area contributed by atoms with Gasteiger partial charge in [0.05, 0.1) is 41.7 Å². The molecule has 1 fully saturated rings. The van der Waals surface area contributed by atoms with Crippen LogP contribution in [0.4, 0.5) is 0 Å². The molecule has 0 radical (unpaired) electrons. The molecule has 1 heterocycles. The molecule has 0 aromatic heterocycles. The molecule has 0 atom stereocenters. The summed E-state index contributed by atoms with van der Waals surface area (Å²) in [6.07, 6.45) is 1.00. The molecule has 1 aliphatic heterocycles. The molecule has 9 heteroatoms. The van der Waals surface area contributed by atoms with Crippen LogP contribution in [0.25, 0.3) is 0 Å². The molecule has 8 nitrogen and oxygen atoms in total. The third-order valence-electron chi connectivity index (χ3n) is 4.22. The second kappa shape index (κ2) is 11.5. The molecule has 162 valence electrons. The summed E-state index contributed by atoms with van der Waals surface area (Å²) in [6, 6.07) is 6.64. The molecule has 0 unspecified atom stereocenters. The van der Waals surface area contributed by atoms with Crippen molar-refractivity contribution in [3.63, 3.8) is 0 Å². The summed E-state index contributed by atoms with van der Waals surface area (Å²) in [5.74, 6) is 2.20. The third kappa shape index (κ3) is 5.50. The average molecular weight is 483 g/mol. The van der Waals surface area contributed by atoms with Crippen LogP contribution in [0.3, 0.4) is 0 Å². The van der Waals surface area contributed by atoms with Crippen LogP contribution in [0, 0.1) is 0 Å². The second-order valence-corrected chi connectivity index (χ2v) is 6.73. The summed E-state index contributed by atoms with van der Waals surface area (Å²) in [5.41, 5.74) is 1.68. The monoisotopic (exact) mass is 482 g/mol. The number of rotatable bonds is 7. The Morgan fingerprint density at radius 1 is 0.767 bits per heavy atom. The molecular weight excluding hydrogens is 460 g/mol. The number of benzene rings is 2. The maximum absolute atomic E-state index is 11.0. The normalized spacial score (nSPS) is 13.1. The van der Waals surface area contributed by atoms with E-state index in [1.165, 1.54) is 14.2 Å². The SMILES string of the molecule is COc1cc(Br)c(C=O)cc1OC.COc1cc(C=O)c(C2OCCO2)cc1OC. The van der Waals surface area contributed by atoms with E-state index in [4.69, 9.17) is 28.4 Å². The van der Waals surface area contributed by atoms with Gasteiger partial charge in [-0.3, -0.25) is 9.59 Å². The maximum Gasteiger partial charge on any atom is 0.184 e. The minimum atomic E-state index is -0.505. The molecule has 2 aromatic carbocycles. The van der Waals surface area contributed by atoms with E-state index in [1.54, 1.807) is 38.5 Å². The Bertz CT molecular complexity index is 878. The molecule has 1 saturated heterocycles. The van der Waals surface area contributed by atoms with Crippen molar-refractivity contribution in [3.05, 3.63) is 45.4 Å². The zero-order valence-corrected chi connectivity index (χ0v) is 18.7. The predicted molar refractivity (Wildman–Crippen MR) is 112 cm³/mol. The van der Waals surface area contributed by atoms with Crippen molar-refractivity contribution in [2.45, 2.75) is 6.29 Å². The van der Waals surface area contributed by atoms with Crippen LogP contribution in [-0.2, 0) is 9.47 Å². The van der Waals surface area contributed by atoms with Crippen LogP contribution in [0.5, 0.6) is 23.0 Å². The molecule has 0 bridgehead atoms. The summed E-state index contributed by atoms with van der Waals surface area (Å²) < 4.78 is 31.8. The first-order chi connectivity index (χ1) is 14.5. The lowest BCUT2D eigenvalue weighted by Crippen LogP contribution is -2.04. The summed E-state index contributed by atoms with van der Waals surface area (Å²) in [7, 11) is 6.14. The van der Waals surface area contributed by atoms with Gasteiger partial charge in [-0.15, -0.1) is 0 Å². The summed E-state index contributed by atoms with van der Waals surface area (Å²) in [4.78, 5) is 21.6. The number of aldehydes is 2. The molecule has 0 spiro atoms.